The number of halogens is 2. The van der Waals surface area contributed by atoms with Gasteiger partial charge in [0.25, 0.3) is 5.91 Å². The van der Waals surface area contributed by atoms with E-state index in [1.807, 2.05) is 12.1 Å². The first-order valence-corrected chi connectivity index (χ1v) is 11.3. The van der Waals surface area contributed by atoms with Crippen molar-refractivity contribution in [2.75, 3.05) is 19.4 Å². The molecule has 1 saturated heterocycles. The summed E-state index contributed by atoms with van der Waals surface area (Å²) >= 11 is 6.19. The summed E-state index contributed by atoms with van der Waals surface area (Å²) in [6.07, 6.45) is 3.12. The summed E-state index contributed by atoms with van der Waals surface area (Å²) in [5, 5.41) is 2.41. The maximum atomic E-state index is 13.3. The van der Waals surface area contributed by atoms with Gasteiger partial charge in [-0.3, -0.25) is 10.2 Å². The summed E-state index contributed by atoms with van der Waals surface area (Å²) < 4.78 is 5.39. The summed E-state index contributed by atoms with van der Waals surface area (Å²) in [7, 11) is 1.52. The number of amides is 1. The van der Waals surface area contributed by atoms with Crippen LogP contribution in [0.4, 0.5) is 5.69 Å². The minimum absolute atomic E-state index is 0. The summed E-state index contributed by atoms with van der Waals surface area (Å²) in [5.74, 6) is 0.283. The lowest BCUT2D eigenvalue weighted by Gasteiger charge is -2.40. The predicted octanol–water partition coefficient (Wildman–Crippen LogP) is 5.68. The number of nitrogens with one attached hydrogen (secondary N) is 1. The van der Waals surface area contributed by atoms with Gasteiger partial charge in [0.1, 0.15) is 5.75 Å². The quantitative estimate of drug-likeness (QED) is 0.440. The van der Waals surface area contributed by atoms with E-state index in [0.717, 1.165) is 25.8 Å². The number of hydrogen-bond donors (Lipinski definition) is 2. The van der Waals surface area contributed by atoms with Crippen molar-refractivity contribution >= 4 is 35.6 Å². The van der Waals surface area contributed by atoms with Crippen molar-refractivity contribution < 1.29 is 9.53 Å². The maximum absolute atomic E-state index is 13.3. The third-order valence-corrected chi connectivity index (χ3v) is 6.39. The van der Waals surface area contributed by atoms with Gasteiger partial charge in [-0.2, -0.15) is 0 Å². The van der Waals surface area contributed by atoms with Crippen molar-refractivity contribution in [1.29, 1.82) is 0 Å². The van der Waals surface area contributed by atoms with E-state index >= 15 is 0 Å². The number of hydrogen-bond acceptors (Lipinski definition) is 4. The van der Waals surface area contributed by atoms with Gasteiger partial charge >= 0.3 is 0 Å². The lowest BCUT2D eigenvalue weighted by atomic mass is 9.81. The summed E-state index contributed by atoms with van der Waals surface area (Å²) in [6, 6.07) is 24.2. The molecule has 0 aliphatic carbocycles. The molecule has 174 valence electrons. The zero-order chi connectivity index (χ0) is 22.5. The number of rotatable bonds is 6. The highest BCUT2D eigenvalue weighted by molar-refractivity contribution is 6.33. The molecular formula is C26H29Cl2N3O2. The van der Waals surface area contributed by atoms with Crippen LogP contribution in [0.1, 0.15) is 46.7 Å². The van der Waals surface area contributed by atoms with E-state index in [1.54, 1.807) is 12.1 Å². The highest BCUT2D eigenvalue weighted by Crippen LogP contribution is 2.35. The summed E-state index contributed by atoms with van der Waals surface area (Å²) in [4.78, 5) is 13.3. The van der Waals surface area contributed by atoms with E-state index in [-0.39, 0.29) is 30.3 Å². The number of carbonyl (C=O) groups is 1. The molecule has 7 heteroatoms. The van der Waals surface area contributed by atoms with E-state index in [2.05, 4.69) is 59.0 Å². The zero-order valence-electron chi connectivity index (χ0n) is 18.5. The normalized spacial score (nSPS) is 16.2. The fourth-order valence-electron chi connectivity index (χ4n) is 4.51. The average Bonchev–Trinajstić information content (AvgIpc) is 2.83. The van der Waals surface area contributed by atoms with Crippen LogP contribution in [0, 0.1) is 0 Å². The van der Waals surface area contributed by atoms with Crippen LogP contribution >= 0.6 is 24.0 Å². The molecule has 0 spiro atoms. The Morgan fingerprint density at radius 2 is 1.67 bits per heavy atom. The smallest absolute Gasteiger partial charge is 0.269 e. The molecular weight excluding hydrogens is 457 g/mol. The van der Waals surface area contributed by atoms with Gasteiger partial charge in [-0.05, 0) is 30.0 Å². The molecule has 5 nitrogen and oxygen atoms in total. The lowest BCUT2D eigenvalue weighted by Crippen LogP contribution is -2.53. The molecule has 4 rings (SSSR count). The number of ether oxygens (including phenoxy) is 1. The van der Waals surface area contributed by atoms with E-state index in [1.165, 1.54) is 18.2 Å². The topological polar surface area (TPSA) is 67.6 Å². The van der Waals surface area contributed by atoms with Gasteiger partial charge in [0, 0.05) is 24.6 Å². The number of hydrazine groups is 1. The number of nitrogen functional groups attached to an aromatic ring is 1. The first-order chi connectivity index (χ1) is 15.6. The van der Waals surface area contributed by atoms with Gasteiger partial charge in [-0.25, -0.2) is 5.01 Å². The number of anilines is 1. The highest BCUT2D eigenvalue weighted by Gasteiger charge is 2.33. The Morgan fingerprint density at radius 1 is 1.06 bits per heavy atom. The first-order valence-electron chi connectivity index (χ1n) is 10.9. The molecule has 1 unspecified atom stereocenters. The molecule has 1 atom stereocenters. The average molecular weight is 486 g/mol. The molecule has 3 aromatic rings. The number of methoxy groups -OCH3 is 1. The van der Waals surface area contributed by atoms with Crippen LogP contribution in [0.5, 0.6) is 5.75 Å². The predicted molar refractivity (Wildman–Crippen MR) is 136 cm³/mol. The van der Waals surface area contributed by atoms with Crippen LogP contribution in [-0.4, -0.2) is 30.6 Å². The van der Waals surface area contributed by atoms with Gasteiger partial charge < -0.3 is 10.5 Å². The van der Waals surface area contributed by atoms with Crippen molar-refractivity contribution in [3.8, 4) is 5.75 Å². The third-order valence-electron chi connectivity index (χ3n) is 6.06. The molecule has 33 heavy (non-hydrogen) atoms. The second-order valence-corrected chi connectivity index (χ2v) is 8.48. The van der Waals surface area contributed by atoms with Gasteiger partial charge in [0.15, 0.2) is 0 Å². The number of benzene rings is 3. The van der Waals surface area contributed by atoms with Gasteiger partial charge in [0.2, 0.25) is 0 Å². The molecule has 1 aliphatic heterocycles. The van der Waals surface area contributed by atoms with Gasteiger partial charge in [-0.1, -0.05) is 78.7 Å². The second kappa shape index (κ2) is 11.4. The second-order valence-electron chi connectivity index (χ2n) is 8.07. The van der Waals surface area contributed by atoms with Crippen LogP contribution in [0.15, 0.2) is 72.8 Å². The molecule has 1 heterocycles. The Labute approximate surface area is 206 Å². The zero-order valence-corrected chi connectivity index (χ0v) is 20.1. The molecule has 1 aliphatic rings. The number of nitrogens with two attached hydrogens (primary N) is 1. The monoisotopic (exact) mass is 485 g/mol. The van der Waals surface area contributed by atoms with Crippen molar-refractivity contribution in [1.82, 2.24) is 10.4 Å². The van der Waals surface area contributed by atoms with Gasteiger partial charge in [-0.15, -0.1) is 12.4 Å². The number of carbonyl (C=O) groups excluding carboxylic acids is 1. The Balaban J connectivity index is 0.00000306. The molecule has 0 radical (unpaired) electrons. The van der Waals surface area contributed by atoms with Crippen LogP contribution in [-0.2, 0) is 0 Å². The Morgan fingerprint density at radius 3 is 2.24 bits per heavy atom. The fourth-order valence-corrected chi connectivity index (χ4v) is 4.67. The summed E-state index contributed by atoms with van der Waals surface area (Å²) in [6.45, 7) is 0.775. The first kappa shape index (κ1) is 24.9. The van der Waals surface area contributed by atoms with E-state index in [4.69, 9.17) is 22.1 Å². The van der Waals surface area contributed by atoms with Crippen LogP contribution in [0.25, 0.3) is 0 Å². The minimum atomic E-state index is -0.254. The molecule has 3 aromatic carbocycles. The molecule has 0 aromatic heterocycles. The van der Waals surface area contributed by atoms with E-state index in [0.29, 0.717) is 22.0 Å². The maximum Gasteiger partial charge on any atom is 0.269 e. The number of piperidine rings is 1. The molecule has 0 saturated carbocycles. The molecule has 3 N–H and O–H groups in total. The standard InChI is InChI=1S/C26H28ClN3O2.ClH/c1-32-24-17-22(28)21(27)16-20(24)26(31)29-30-15-9-8-14-23(30)25(18-10-4-2-5-11-18)19-12-6-3-7-13-19;/h2-7,10-13,16-17,23,25H,8-9,14-15,28H2,1H3,(H,29,31);1H. The summed E-state index contributed by atoms with van der Waals surface area (Å²) in [5.41, 5.74) is 12.2. The van der Waals surface area contributed by atoms with Crippen LogP contribution < -0.4 is 15.9 Å². The van der Waals surface area contributed by atoms with E-state index < -0.39 is 0 Å². The highest BCUT2D eigenvalue weighted by atomic mass is 35.5. The van der Waals surface area contributed by atoms with Crippen molar-refractivity contribution in [3.63, 3.8) is 0 Å². The number of nitrogens with zero attached hydrogens (tertiary/aromatic N) is 1. The van der Waals surface area contributed by atoms with Crippen LogP contribution in [0.2, 0.25) is 5.02 Å². The Bertz CT molecular complexity index is 1020. The SMILES string of the molecule is COc1cc(N)c(Cl)cc1C(=O)NN1CCCCC1C(c1ccccc1)c1ccccc1.Cl. The lowest BCUT2D eigenvalue weighted by molar-refractivity contribution is 0.0529. The Hall–Kier alpha value is -2.73. The van der Waals surface area contributed by atoms with Crippen molar-refractivity contribution in [3.05, 3.63) is 94.5 Å². The molecule has 1 fully saturated rings. The molecule has 0 bridgehead atoms. The fraction of sp³-hybridized carbons (Fsp3) is 0.269. The molecule has 1 amide bonds. The van der Waals surface area contributed by atoms with Gasteiger partial charge in [0.05, 0.1) is 23.4 Å². The van der Waals surface area contributed by atoms with Crippen LogP contribution in [0.3, 0.4) is 0 Å². The minimum Gasteiger partial charge on any atom is -0.496 e. The van der Waals surface area contributed by atoms with Crippen molar-refractivity contribution in [2.24, 2.45) is 0 Å². The van der Waals surface area contributed by atoms with Crippen molar-refractivity contribution in [2.45, 2.75) is 31.2 Å². The third kappa shape index (κ3) is 5.61. The largest absolute Gasteiger partial charge is 0.496 e. The Kier molecular flexibility index (Phi) is 8.61. The van der Waals surface area contributed by atoms with E-state index in [9.17, 15) is 4.79 Å².